The molecule has 2 spiro atoms. The average molecular weight is 422 g/mol. The molecule has 30 heavy (non-hydrogen) atoms. The number of ketones is 1. The molecule has 8 heteroatoms. The third-order valence-corrected chi connectivity index (χ3v) is 9.32. The van der Waals surface area contributed by atoms with E-state index in [1.165, 1.54) is 6.92 Å². The predicted molar refractivity (Wildman–Crippen MR) is 102 cm³/mol. The molecule has 8 nitrogen and oxygen atoms in total. The van der Waals surface area contributed by atoms with Crippen LogP contribution in [0, 0.1) is 34.0 Å². The number of hydrogen-bond acceptors (Lipinski definition) is 8. The van der Waals surface area contributed by atoms with Crippen LogP contribution >= 0.6 is 0 Å². The van der Waals surface area contributed by atoms with Gasteiger partial charge in [0.15, 0.2) is 5.78 Å². The largest absolute Gasteiger partial charge is 0.465 e. The molecule has 4 N–H and O–H groups in total. The maximum atomic E-state index is 13.5. The number of aliphatic hydroxyl groups is 4. The maximum Gasteiger partial charge on any atom is 0.302 e. The van der Waals surface area contributed by atoms with Crippen molar-refractivity contribution < 1.29 is 39.5 Å². The van der Waals surface area contributed by atoms with Gasteiger partial charge in [-0.15, -0.1) is 0 Å². The molecule has 6 rings (SSSR count). The van der Waals surface area contributed by atoms with Crippen LogP contribution in [0.2, 0.25) is 0 Å². The lowest BCUT2D eigenvalue weighted by molar-refractivity contribution is -0.459. The molecule has 0 aromatic rings. The van der Waals surface area contributed by atoms with Crippen LogP contribution in [0.25, 0.3) is 0 Å². The third kappa shape index (κ3) is 1.92. The van der Waals surface area contributed by atoms with Crippen molar-refractivity contribution in [3.05, 3.63) is 12.2 Å². The van der Waals surface area contributed by atoms with Gasteiger partial charge in [-0.25, -0.2) is 0 Å². The smallest absolute Gasteiger partial charge is 0.302 e. The van der Waals surface area contributed by atoms with Crippen LogP contribution in [0.1, 0.15) is 39.5 Å². The van der Waals surface area contributed by atoms with E-state index in [4.69, 9.17) is 9.47 Å². The van der Waals surface area contributed by atoms with Gasteiger partial charge < -0.3 is 29.9 Å². The molecule has 166 valence electrons. The Morgan fingerprint density at radius 3 is 2.60 bits per heavy atom. The number of hydrogen-bond donors (Lipinski definition) is 4. The second kappa shape index (κ2) is 5.92. The summed E-state index contributed by atoms with van der Waals surface area (Å²) < 4.78 is 11.1. The lowest BCUT2D eigenvalue weighted by atomic mass is 9.35. The molecule has 4 aliphatic carbocycles. The summed E-state index contributed by atoms with van der Waals surface area (Å²) in [5.41, 5.74) is -3.28. The number of fused-ring (bicyclic) bond motifs is 2. The van der Waals surface area contributed by atoms with Gasteiger partial charge in [0.2, 0.25) is 5.79 Å². The first kappa shape index (κ1) is 20.6. The Labute approximate surface area is 174 Å². The SMILES string of the molecule is C=C1C(=O)[C@@]23C(CC[C@@H]1[C@H]2O)C12CO[C@@]3(O)[C@@H](O)C1[C@](C)(COC(C)=O)CC[C@H]2O. The Morgan fingerprint density at radius 1 is 1.23 bits per heavy atom. The monoisotopic (exact) mass is 422 g/mol. The summed E-state index contributed by atoms with van der Waals surface area (Å²) >= 11 is 0. The summed E-state index contributed by atoms with van der Waals surface area (Å²) in [5.74, 6) is -4.96. The van der Waals surface area contributed by atoms with Crippen molar-refractivity contribution in [1.82, 2.24) is 0 Å². The number of esters is 1. The van der Waals surface area contributed by atoms with Gasteiger partial charge in [-0.05, 0) is 37.2 Å². The van der Waals surface area contributed by atoms with Gasteiger partial charge in [-0.3, -0.25) is 9.59 Å². The van der Waals surface area contributed by atoms with Crippen LogP contribution in [0.3, 0.4) is 0 Å². The molecule has 4 saturated carbocycles. The quantitative estimate of drug-likeness (QED) is 0.359. The number of Topliss-reactive ketones (excluding diaryl/α,β-unsaturated/α-hetero) is 1. The first-order valence-electron chi connectivity index (χ1n) is 10.8. The second-order valence-corrected chi connectivity index (χ2v) is 10.4. The molecule has 0 aromatic heterocycles. The fraction of sp³-hybridized carbons (Fsp3) is 0.818. The Bertz CT molecular complexity index is 841. The molecule has 10 atom stereocenters. The van der Waals surface area contributed by atoms with Gasteiger partial charge >= 0.3 is 5.97 Å². The fourth-order valence-electron chi connectivity index (χ4n) is 8.16. The van der Waals surface area contributed by atoms with Crippen LogP contribution in [0.5, 0.6) is 0 Å². The van der Waals surface area contributed by atoms with Crippen molar-refractivity contribution in [2.24, 2.45) is 34.0 Å². The molecule has 0 aromatic carbocycles. The van der Waals surface area contributed by atoms with Gasteiger partial charge in [0.05, 0.1) is 25.4 Å². The molecule has 4 bridgehead atoms. The highest BCUT2D eigenvalue weighted by Gasteiger charge is 2.87. The summed E-state index contributed by atoms with van der Waals surface area (Å²) in [6.45, 7) is 7.06. The van der Waals surface area contributed by atoms with Gasteiger partial charge in [0.1, 0.15) is 11.5 Å². The van der Waals surface area contributed by atoms with Crippen LogP contribution in [-0.2, 0) is 19.1 Å². The highest BCUT2D eigenvalue weighted by Crippen LogP contribution is 2.76. The minimum atomic E-state index is -2.30. The van der Waals surface area contributed by atoms with E-state index >= 15 is 0 Å². The third-order valence-electron chi connectivity index (χ3n) is 9.32. The van der Waals surface area contributed by atoms with Crippen LogP contribution < -0.4 is 0 Å². The van der Waals surface area contributed by atoms with Crippen molar-refractivity contribution in [3.8, 4) is 0 Å². The number of aliphatic hydroxyl groups excluding tert-OH is 3. The Morgan fingerprint density at radius 2 is 1.93 bits per heavy atom. The fourth-order valence-corrected chi connectivity index (χ4v) is 8.16. The van der Waals surface area contributed by atoms with Crippen molar-refractivity contribution in [3.63, 3.8) is 0 Å². The van der Waals surface area contributed by atoms with E-state index < -0.39 is 69.9 Å². The molecular formula is C22H30O8. The highest BCUT2D eigenvalue weighted by atomic mass is 16.6. The molecule has 0 amide bonds. The van der Waals surface area contributed by atoms with Crippen molar-refractivity contribution >= 4 is 11.8 Å². The first-order valence-corrected chi connectivity index (χ1v) is 10.8. The van der Waals surface area contributed by atoms with Gasteiger partial charge in [0.25, 0.3) is 0 Å². The van der Waals surface area contributed by atoms with E-state index in [0.29, 0.717) is 25.7 Å². The number of carbonyl (C=O) groups is 2. The zero-order valence-corrected chi connectivity index (χ0v) is 17.3. The summed E-state index contributed by atoms with van der Waals surface area (Å²) in [6.07, 6.45) is -1.78. The summed E-state index contributed by atoms with van der Waals surface area (Å²) in [7, 11) is 0. The maximum absolute atomic E-state index is 13.5. The molecule has 6 aliphatic rings. The average Bonchev–Trinajstić information content (AvgIpc) is 2.80. The van der Waals surface area contributed by atoms with Crippen molar-refractivity contribution in [1.29, 1.82) is 0 Å². The Kier molecular flexibility index (Phi) is 4.06. The summed E-state index contributed by atoms with van der Waals surface area (Å²) in [4.78, 5) is 25.0. The number of ether oxygens (including phenoxy) is 2. The van der Waals surface area contributed by atoms with Crippen LogP contribution in [0.4, 0.5) is 0 Å². The van der Waals surface area contributed by atoms with Gasteiger partial charge in [0, 0.05) is 29.6 Å². The van der Waals surface area contributed by atoms with E-state index in [9.17, 15) is 30.0 Å². The van der Waals surface area contributed by atoms with E-state index in [2.05, 4.69) is 6.58 Å². The van der Waals surface area contributed by atoms with E-state index in [1.54, 1.807) is 0 Å². The van der Waals surface area contributed by atoms with Gasteiger partial charge in [-0.2, -0.15) is 0 Å². The first-order chi connectivity index (χ1) is 14.0. The normalized spacial score (nSPS) is 56.5. The second-order valence-electron chi connectivity index (χ2n) is 10.4. The minimum Gasteiger partial charge on any atom is -0.465 e. The highest BCUT2D eigenvalue weighted by molar-refractivity contribution is 6.05. The lowest BCUT2D eigenvalue weighted by Crippen LogP contribution is -2.86. The van der Waals surface area contributed by atoms with Crippen LogP contribution in [-0.4, -0.2) is 69.5 Å². The molecule has 3 unspecified atom stereocenters. The molecule has 2 saturated heterocycles. The standard InChI is InChI=1S/C22H30O8/c1-10-12-4-5-13-20-9-30-22(28,21(13,16(10)25)17(12)26)18(27)15(20)19(3,7-6-14(20)24)8-29-11(2)23/h12-15,17-18,24,26-28H,1,4-9H2,2-3H3/t12-,13?,14+,15?,17+,18-,19-,20?,21-,22-/m0/s1. The van der Waals surface area contributed by atoms with E-state index in [-0.39, 0.29) is 18.8 Å². The van der Waals surface area contributed by atoms with Crippen molar-refractivity contribution in [2.45, 2.75) is 63.6 Å². The number of carbonyl (C=O) groups excluding carboxylic acids is 2. The summed E-state index contributed by atoms with van der Waals surface area (Å²) in [5, 5.41) is 45.8. The molecule has 0 radical (unpaired) electrons. The van der Waals surface area contributed by atoms with Crippen molar-refractivity contribution in [2.75, 3.05) is 13.2 Å². The van der Waals surface area contributed by atoms with E-state index in [1.807, 2.05) is 6.92 Å². The zero-order valence-electron chi connectivity index (χ0n) is 17.3. The lowest BCUT2D eigenvalue weighted by Gasteiger charge is -2.74. The molecular weight excluding hydrogens is 392 g/mol. The Balaban J connectivity index is 1.71. The zero-order chi connectivity index (χ0) is 21.9. The molecule has 6 fully saturated rings. The van der Waals surface area contributed by atoms with E-state index in [0.717, 1.165) is 0 Å². The Hall–Kier alpha value is -1.32. The molecule has 2 heterocycles. The molecule has 2 aliphatic heterocycles. The minimum absolute atomic E-state index is 0.0279. The predicted octanol–water partition coefficient (Wildman–Crippen LogP) is -0.0812. The summed E-state index contributed by atoms with van der Waals surface area (Å²) in [6, 6.07) is 0. The topological polar surface area (TPSA) is 134 Å². The van der Waals surface area contributed by atoms with Gasteiger partial charge in [-0.1, -0.05) is 13.5 Å². The van der Waals surface area contributed by atoms with Crippen LogP contribution in [0.15, 0.2) is 12.2 Å². The number of rotatable bonds is 2.